The summed E-state index contributed by atoms with van der Waals surface area (Å²) in [6.07, 6.45) is 4.87. The number of likely N-dealkylation sites (N-methyl/N-ethyl adjacent to an activating group) is 1. The number of aromatic nitrogens is 4. The maximum atomic E-state index is 11.9. The zero-order valence-corrected chi connectivity index (χ0v) is 10.0. The Morgan fingerprint density at radius 2 is 2.39 bits per heavy atom. The van der Waals surface area contributed by atoms with E-state index in [9.17, 15) is 4.79 Å². The zero-order valence-electron chi connectivity index (χ0n) is 10.0. The van der Waals surface area contributed by atoms with Gasteiger partial charge in [0.2, 0.25) is 11.9 Å². The maximum absolute atomic E-state index is 11.9. The average Bonchev–Trinajstić information content (AvgIpc) is 2.76. The van der Waals surface area contributed by atoms with Crippen molar-refractivity contribution in [2.24, 2.45) is 0 Å². The minimum absolute atomic E-state index is 0.0660. The third kappa shape index (κ3) is 3.03. The Kier molecular flexibility index (Phi) is 3.52. The average molecular weight is 246 g/mol. The van der Waals surface area contributed by atoms with E-state index in [2.05, 4.69) is 15.1 Å². The van der Waals surface area contributed by atoms with Crippen LogP contribution in [0.2, 0.25) is 0 Å². The molecular weight excluding hydrogens is 232 g/mol. The molecule has 2 N–H and O–H groups in total. The maximum Gasteiger partial charge on any atom is 0.244 e. The van der Waals surface area contributed by atoms with Gasteiger partial charge in [0.25, 0.3) is 0 Å². The fourth-order valence-electron chi connectivity index (χ4n) is 1.50. The van der Waals surface area contributed by atoms with Gasteiger partial charge >= 0.3 is 0 Å². The molecule has 0 aliphatic rings. The number of carbonyl (C=O) groups is 1. The summed E-state index contributed by atoms with van der Waals surface area (Å²) < 4.78 is 1.41. The summed E-state index contributed by atoms with van der Waals surface area (Å²) in [5.74, 6) is 0.0986. The van der Waals surface area contributed by atoms with E-state index in [-0.39, 0.29) is 18.4 Å². The molecule has 0 aromatic carbocycles. The normalized spacial score (nSPS) is 10.3. The predicted octanol–water partition coefficient (Wildman–Crippen LogP) is -0.0861. The first kappa shape index (κ1) is 12.0. The second kappa shape index (κ2) is 5.26. The molecule has 94 valence electrons. The quantitative estimate of drug-likeness (QED) is 0.814. The number of anilines is 1. The van der Waals surface area contributed by atoms with Gasteiger partial charge in [-0.2, -0.15) is 0 Å². The van der Waals surface area contributed by atoms with Crippen molar-refractivity contribution in [3.8, 4) is 0 Å². The highest BCUT2D eigenvalue weighted by atomic mass is 16.2. The van der Waals surface area contributed by atoms with E-state index in [4.69, 9.17) is 5.73 Å². The minimum Gasteiger partial charge on any atom is -0.367 e. The smallest absolute Gasteiger partial charge is 0.244 e. The van der Waals surface area contributed by atoms with E-state index in [0.717, 1.165) is 5.56 Å². The summed E-state index contributed by atoms with van der Waals surface area (Å²) in [6.45, 7) is 0.637. The molecule has 2 heterocycles. The number of nitrogen functional groups attached to an aromatic ring is 1. The molecule has 2 aromatic heterocycles. The first-order chi connectivity index (χ1) is 8.65. The van der Waals surface area contributed by atoms with E-state index >= 15 is 0 Å². The van der Waals surface area contributed by atoms with Crippen molar-refractivity contribution in [3.05, 3.63) is 36.4 Å². The first-order valence-corrected chi connectivity index (χ1v) is 5.43. The number of hydrogen-bond acceptors (Lipinski definition) is 5. The van der Waals surface area contributed by atoms with Gasteiger partial charge in [0.15, 0.2) is 0 Å². The second-order valence-electron chi connectivity index (χ2n) is 3.91. The van der Waals surface area contributed by atoms with Crippen LogP contribution in [0, 0.1) is 0 Å². The van der Waals surface area contributed by atoms with E-state index in [1.807, 2.05) is 12.1 Å². The van der Waals surface area contributed by atoms with Crippen LogP contribution in [0.4, 0.5) is 5.95 Å². The van der Waals surface area contributed by atoms with Gasteiger partial charge < -0.3 is 10.6 Å². The molecule has 0 saturated carbocycles. The molecule has 0 radical (unpaired) electrons. The Labute approximate surface area is 104 Å². The summed E-state index contributed by atoms with van der Waals surface area (Å²) in [4.78, 5) is 21.3. The van der Waals surface area contributed by atoms with Crippen molar-refractivity contribution >= 4 is 11.9 Å². The molecule has 0 atom stereocenters. The van der Waals surface area contributed by atoms with Gasteiger partial charge in [-0.1, -0.05) is 6.07 Å². The van der Waals surface area contributed by atoms with Crippen LogP contribution in [0.3, 0.4) is 0 Å². The lowest BCUT2D eigenvalue weighted by Gasteiger charge is -2.16. The fraction of sp³-hybridized carbons (Fsp3) is 0.273. The Bertz CT molecular complexity index is 523. The van der Waals surface area contributed by atoms with E-state index in [1.54, 1.807) is 24.3 Å². The molecular formula is C11H14N6O. The molecule has 2 rings (SSSR count). The summed E-state index contributed by atoms with van der Waals surface area (Å²) in [7, 11) is 1.73. The van der Waals surface area contributed by atoms with E-state index < -0.39 is 0 Å². The summed E-state index contributed by atoms with van der Waals surface area (Å²) in [5, 5.41) is 3.86. The Balaban J connectivity index is 1.93. The molecule has 0 saturated heterocycles. The van der Waals surface area contributed by atoms with Gasteiger partial charge in [-0.25, -0.2) is 9.67 Å². The standard InChI is InChI=1S/C11H14N6O/c1-16(6-9-3-2-4-13-5-9)10(18)7-17-8-14-11(12)15-17/h2-5,8H,6-7H2,1H3,(H2,12,15). The van der Waals surface area contributed by atoms with Crippen LogP contribution in [-0.4, -0.2) is 37.6 Å². The number of amides is 1. The first-order valence-electron chi connectivity index (χ1n) is 5.43. The molecule has 0 aliphatic heterocycles. The van der Waals surface area contributed by atoms with Crippen LogP contribution >= 0.6 is 0 Å². The Hall–Kier alpha value is -2.44. The topological polar surface area (TPSA) is 89.9 Å². The number of nitrogens with zero attached hydrogens (tertiary/aromatic N) is 5. The summed E-state index contributed by atoms with van der Waals surface area (Å²) in [5.41, 5.74) is 6.36. The summed E-state index contributed by atoms with van der Waals surface area (Å²) >= 11 is 0. The summed E-state index contributed by atoms with van der Waals surface area (Å²) in [6, 6.07) is 3.76. The van der Waals surface area contributed by atoms with Crippen molar-refractivity contribution in [1.82, 2.24) is 24.6 Å². The highest BCUT2D eigenvalue weighted by Gasteiger charge is 2.10. The lowest BCUT2D eigenvalue weighted by Crippen LogP contribution is -2.30. The van der Waals surface area contributed by atoms with Crippen LogP contribution in [0.15, 0.2) is 30.9 Å². The fourth-order valence-corrected chi connectivity index (χ4v) is 1.50. The molecule has 1 amide bonds. The van der Waals surface area contributed by atoms with Crippen molar-refractivity contribution in [2.75, 3.05) is 12.8 Å². The third-order valence-corrected chi connectivity index (χ3v) is 2.42. The lowest BCUT2D eigenvalue weighted by atomic mass is 10.3. The van der Waals surface area contributed by atoms with Crippen LogP contribution < -0.4 is 5.73 Å². The SMILES string of the molecule is CN(Cc1cccnc1)C(=O)Cn1cnc(N)n1. The zero-order chi connectivity index (χ0) is 13.0. The second-order valence-corrected chi connectivity index (χ2v) is 3.91. The molecule has 7 heteroatoms. The Morgan fingerprint density at radius 1 is 1.56 bits per heavy atom. The van der Waals surface area contributed by atoms with Crippen LogP contribution in [0.1, 0.15) is 5.56 Å². The van der Waals surface area contributed by atoms with Crippen LogP contribution in [0.25, 0.3) is 0 Å². The monoisotopic (exact) mass is 246 g/mol. The predicted molar refractivity (Wildman–Crippen MR) is 65.1 cm³/mol. The number of pyridine rings is 1. The molecule has 2 aromatic rings. The van der Waals surface area contributed by atoms with Crippen molar-refractivity contribution in [2.45, 2.75) is 13.1 Å². The molecule has 18 heavy (non-hydrogen) atoms. The van der Waals surface area contributed by atoms with Crippen LogP contribution in [0.5, 0.6) is 0 Å². The molecule has 7 nitrogen and oxygen atoms in total. The molecule has 0 bridgehead atoms. The highest BCUT2D eigenvalue weighted by molar-refractivity contribution is 5.75. The molecule has 0 fully saturated rings. The molecule has 0 unspecified atom stereocenters. The van der Waals surface area contributed by atoms with E-state index in [0.29, 0.717) is 6.54 Å². The van der Waals surface area contributed by atoms with Gasteiger partial charge in [0, 0.05) is 26.0 Å². The van der Waals surface area contributed by atoms with Gasteiger partial charge in [-0.3, -0.25) is 9.78 Å². The van der Waals surface area contributed by atoms with Crippen molar-refractivity contribution in [1.29, 1.82) is 0 Å². The van der Waals surface area contributed by atoms with Gasteiger partial charge in [-0.05, 0) is 11.6 Å². The minimum atomic E-state index is -0.0660. The van der Waals surface area contributed by atoms with Gasteiger partial charge in [-0.15, -0.1) is 5.10 Å². The number of nitrogens with two attached hydrogens (primary N) is 1. The van der Waals surface area contributed by atoms with E-state index in [1.165, 1.54) is 11.0 Å². The molecule has 0 aliphatic carbocycles. The number of carbonyl (C=O) groups excluding carboxylic acids is 1. The lowest BCUT2D eigenvalue weighted by molar-refractivity contribution is -0.131. The highest BCUT2D eigenvalue weighted by Crippen LogP contribution is 2.02. The largest absolute Gasteiger partial charge is 0.367 e. The Morgan fingerprint density at radius 3 is 3.00 bits per heavy atom. The number of hydrogen-bond donors (Lipinski definition) is 1. The van der Waals surface area contributed by atoms with Crippen LogP contribution in [-0.2, 0) is 17.9 Å². The van der Waals surface area contributed by atoms with Crippen molar-refractivity contribution < 1.29 is 4.79 Å². The molecule has 0 spiro atoms. The van der Waals surface area contributed by atoms with Crippen molar-refractivity contribution in [3.63, 3.8) is 0 Å². The number of rotatable bonds is 4. The van der Waals surface area contributed by atoms with Gasteiger partial charge in [0.1, 0.15) is 12.9 Å². The van der Waals surface area contributed by atoms with Gasteiger partial charge in [0.05, 0.1) is 0 Å². The third-order valence-electron chi connectivity index (χ3n) is 2.42.